The zero-order chi connectivity index (χ0) is 11.8. The molecule has 5 heteroatoms. The van der Waals surface area contributed by atoms with Crippen molar-refractivity contribution in [2.45, 2.75) is 32.9 Å². The van der Waals surface area contributed by atoms with Crippen LogP contribution in [-0.4, -0.2) is 17.7 Å². The van der Waals surface area contributed by atoms with Crippen LogP contribution in [0.3, 0.4) is 0 Å². The topological polar surface area (TPSA) is 34.1 Å². The summed E-state index contributed by atoms with van der Waals surface area (Å²) >= 11 is 0. The van der Waals surface area contributed by atoms with Gasteiger partial charge in [0.25, 0.3) is 0 Å². The monoisotopic (exact) mass is 222 g/mol. The van der Waals surface area contributed by atoms with E-state index in [0.29, 0.717) is 6.42 Å². The first kappa shape index (κ1) is 12.2. The summed E-state index contributed by atoms with van der Waals surface area (Å²) in [6.45, 7) is 3.41. The predicted octanol–water partition coefficient (Wildman–Crippen LogP) is 2.37. The lowest BCUT2D eigenvalue weighted by molar-refractivity contribution is -0.176. The summed E-state index contributed by atoms with van der Waals surface area (Å²) in [5.74, 6) is -4.40. The molecule has 0 aromatic heterocycles. The SMILES string of the molecule is CCC1CC(C(=O)C(F)(F)F)C(=O)C1C. The van der Waals surface area contributed by atoms with Crippen molar-refractivity contribution < 1.29 is 22.8 Å². The minimum Gasteiger partial charge on any atom is -0.299 e. The quantitative estimate of drug-likeness (QED) is 0.672. The molecule has 2 nitrogen and oxygen atoms in total. The number of hydrogen-bond donors (Lipinski definition) is 0. The maximum absolute atomic E-state index is 12.1. The molecule has 15 heavy (non-hydrogen) atoms. The summed E-state index contributed by atoms with van der Waals surface area (Å²) in [4.78, 5) is 22.4. The molecular formula is C10H13F3O2. The van der Waals surface area contributed by atoms with Crippen molar-refractivity contribution in [2.24, 2.45) is 17.8 Å². The van der Waals surface area contributed by atoms with Gasteiger partial charge in [-0.2, -0.15) is 13.2 Å². The van der Waals surface area contributed by atoms with Crippen LogP contribution in [0.4, 0.5) is 13.2 Å². The Morgan fingerprint density at radius 2 is 2.00 bits per heavy atom. The fourth-order valence-corrected chi connectivity index (χ4v) is 2.13. The van der Waals surface area contributed by atoms with E-state index in [1.54, 1.807) is 6.92 Å². The van der Waals surface area contributed by atoms with Gasteiger partial charge in [-0.3, -0.25) is 9.59 Å². The van der Waals surface area contributed by atoms with Gasteiger partial charge in [-0.15, -0.1) is 0 Å². The van der Waals surface area contributed by atoms with E-state index in [1.165, 1.54) is 0 Å². The third kappa shape index (κ3) is 2.21. The highest BCUT2D eigenvalue weighted by Gasteiger charge is 2.51. The van der Waals surface area contributed by atoms with Gasteiger partial charge >= 0.3 is 6.18 Å². The van der Waals surface area contributed by atoms with Gasteiger partial charge in [0.05, 0.1) is 5.92 Å². The molecule has 0 bridgehead atoms. The Labute approximate surface area is 85.8 Å². The molecule has 0 saturated heterocycles. The normalized spacial score (nSPS) is 32.1. The molecule has 3 unspecified atom stereocenters. The highest BCUT2D eigenvalue weighted by atomic mass is 19.4. The van der Waals surface area contributed by atoms with Gasteiger partial charge in [-0.1, -0.05) is 20.3 Å². The van der Waals surface area contributed by atoms with Gasteiger partial charge in [0.1, 0.15) is 5.78 Å². The molecule has 0 N–H and O–H groups in total. The highest BCUT2D eigenvalue weighted by Crippen LogP contribution is 2.38. The lowest BCUT2D eigenvalue weighted by atomic mass is 9.95. The summed E-state index contributed by atoms with van der Waals surface area (Å²) in [6.07, 6.45) is -4.20. The Bertz CT molecular complexity index is 283. The molecule has 1 aliphatic rings. The molecule has 86 valence electrons. The molecule has 1 aliphatic carbocycles. The Kier molecular flexibility index (Phi) is 3.21. The van der Waals surface area contributed by atoms with Crippen molar-refractivity contribution in [1.29, 1.82) is 0 Å². The molecule has 3 atom stereocenters. The number of ketones is 2. The standard InChI is InChI=1S/C10H13F3O2/c1-3-6-4-7(8(14)5(6)2)9(15)10(11,12)13/h5-7H,3-4H2,1-2H3. The van der Waals surface area contributed by atoms with Gasteiger partial charge in [-0.25, -0.2) is 0 Å². The Morgan fingerprint density at radius 1 is 1.47 bits per heavy atom. The van der Waals surface area contributed by atoms with Crippen LogP contribution in [0.2, 0.25) is 0 Å². The van der Waals surface area contributed by atoms with Crippen LogP contribution in [0.5, 0.6) is 0 Å². The molecule has 0 aromatic rings. The number of rotatable bonds is 2. The predicted molar refractivity (Wildman–Crippen MR) is 47.1 cm³/mol. The van der Waals surface area contributed by atoms with Crippen molar-refractivity contribution in [3.05, 3.63) is 0 Å². The van der Waals surface area contributed by atoms with Crippen LogP contribution in [0, 0.1) is 17.8 Å². The maximum Gasteiger partial charge on any atom is 0.450 e. The van der Waals surface area contributed by atoms with Crippen molar-refractivity contribution in [3.8, 4) is 0 Å². The van der Waals surface area contributed by atoms with Crippen LogP contribution in [-0.2, 0) is 9.59 Å². The van der Waals surface area contributed by atoms with Gasteiger partial charge in [0.15, 0.2) is 0 Å². The first-order valence-corrected chi connectivity index (χ1v) is 4.93. The molecular weight excluding hydrogens is 209 g/mol. The van der Waals surface area contributed by atoms with Crippen molar-refractivity contribution >= 4 is 11.6 Å². The summed E-state index contributed by atoms with van der Waals surface area (Å²) in [7, 11) is 0. The fraction of sp³-hybridized carbons (Fsp3) is 0.800. The molecule has 0 radical (unpaired) electrons. The van der Waals surface area contributed by atoms with Crippen LogP contribution in [0.1, 0.15) is 26.7 Å². The van der Waals surface area contributed by atoms with Crippen LogP contribution >= 0.6 is 0 Å². The Morgan fingerprint density at radius 3 is 2.33 bits per heavy atom. The third-order valence-electron chi connectivity index (χ3n) is 3.16. The average molecular weight is 222 g/mol. The lowest BCUT2D eigenvalue weighted by Crippen LogP contribution is -2.33. The molecule has 0 aliphatic heterocycles. The van der Waals surface area contributed by atoms with Gasteiger partial charge in [0.2, 0.25) is 5.78 Å². The van der Waals surface area contributed by atoms with E-state index in [2.05, 4.69) is 0 Å². The van der Waals surface area contributed by atoms with Crippen molar-refractivity contribution in [2.75, 3.05) is 0 Å². The van der Waals surface area contributed by atoms with E-state index in [-0.39, 0.29) is 12.3 Å². The lowest BCUT2D eigenvalue weighted by Gasteiger charge is -2.10. The summed E-state index contributed by atoms with van der Waals surface area (Å²) < 4.78 is 36.4. The van der Waals surface area contributed by atoms with Crippen LogP contribution < -0.4 is 0 Å². The third-order valence-corrected chi connectivity index (χ3v) is 3.16. The van der Waals surface area contributed by atoms with Crippen LogP contribution in [0.25, 0.3) is 0 Å². The van der Waals surface area contributed by atoms with E-state index < -0.39 is 29.6 Å². The number of hydrogen-bond acceptors (Lipinski definition) is 2. The number of carbonyl (C=O) groups is 2. The first-order chi connectivity index (χ1) is 6.79. The second-order valence-corrected chi connectivity index (χ2v) is 4.01. The first-order valence-electron chi connectivity index (χ1n) is 4.93. The smallest absolute Gasteiger partial charge is 0.299 e. The van der Waals surface area contributed by atoms with Crippen molar-refractivity contribution in [3.63, 3.8) is 0 Å². The van der Waals surface area contributed by atoms with E-state index in [4.69, 9.17) is 0 Å². The van der Waals surface area contributed by atoms with E-state index >= 15 is 0 Å². The summed E-state index contributed by atoms with van der Waals surface area (Å²) in [5.41, 5.74) is 0. The molecule has 0 spiro atoms. The van der Waals surface area contributed by atoms with Crippen LogP contribution in [0.15, 0.2) is 0 Å². The van der Waals surface area contributed by atoms with E-state index in [9.17, 15) is 22.8 Å². The minimum atomic E-state index is -4.89. The molecule has 0 heterocycles. The van der Waals surface area contributed by atoms with E-state index in [1.807, 2.05) is 6.92 Å². The largest absolute Gasteiger partial charge is 0.450 e. The number of alkyl halides is 3. The second kappa shape index (κ2) is 3.94. The molecule has 0 aromatic carbocycles. The summed E-state index contributed by atoms with van der Waals surface area (Å²) in [5, 5.41) is 0. The minimum absolute atomic E-state index is 0.0504. The molecule has 0 amide bonds. The fourth-order valence-electron chi connectivity index (χ4n) is 2.13. The Hall–Kier alpha value is -0.870. The number of carbonyl (C=O) groups excluding carboxylic acids is 2. The summed E-state index contributed by atoms with van der Waals surface area (Å²) in [6, 6.07) is 0. The van der Waals surface area contributed by atoms with Crippen molar-refractivity contribution in [1.82, 2.24) is 0 Å². The number of Topliss-reactive ketones (excluding diaryl/α,β-unsaturated/α-hetero) is 2. The zero-order valence-electron chi connectivity index (χ0n) is 8.60. The van der Waals surface area contributed by atoms with E-state index in [0.717, 1.165) is 0 Å². The Balaban J connectivity index is 2.83. The molecule has 1 fully saturated rings. The highest BCUT2D eigenvalue weighted by molar-refractivity contribution is 6.06. The molecule has 1 rings (SSSR count). The number of halogens is 3. The average Bonchev–Trinajstić information content (AvgIpc) is 2.41. The zero-order valence-corrected chi connectivity index (χ0v) is 8.60. The van der Waals surface area contributed by atoms with Gasteiger partial charge in [-0.05, 0) is 12.3 Å². The molecule has 1 saturated carbocycles. The van der Waals surface area contributed by atoms with Gasteiger partial charge in [0, 0.05) is 5.92 Å². The maximum atomic E-state index is 12.1. The second-order valence-electron chi connectivity index (χ2n) is 4.01. The van der Waals surface area contributed by atoms with Gasteiger partial charge < -0.3 is 0 Å².